The van der Waals surface area contributed by atoms with Gasteiger partial charge in [0.1, 0.15) is 0 Å². The molecule has 0 saturated heterocycles. The number of esters is 1. The molecule has 0 bridgehead atoms. The van der Waals surface area contributed by atoms with Gasteiger partial charge in [-0.25, -0.2) is 0 Å². The number of ether oxygens (including phenoxy) is 1. The molecule has 2 heteroatoms. The lowest BCUT2D eigenvalue weighted by Crippen LogP contribution is -2.05. The molecule has 0 fully saturated rings. The molecule has 1 radical (unpaired) electrons. The topological polar surface area (TPSA) is 26.3 Å². The summed E-state index contributed by atoms with van der Waals surface area (Å²) < 4.78 is 5.09. The van der Waals surface area contributed by atoms with Crippen LogP contribution in [0.4, 0.5) is 0 Å². The Labute approximate surface area is 139 Å². The second kappa shape index (κ2) is 18.5. The van der Waals surface area contributed by atoms with Crippen LogP contribution < -0.4 is 0 Å². The van der Waals surface area contributed by atoms with E-state index < -0.39 is 0 Å². The van der Waals surface area contributed by atoms with Crippen LogP contribution in [-0.4, -0.2) is 12.6 Å². The Morgan fingerprint density at radius 2 is 1.09 bits per heavy atom. The van der Waals surface area contributed by atoms with Crippen molar-refractivity contribution >= 4 is 5.97 Å². The molecule has 0 aliphatic heterocycles. The molecular formula is C20H39O2. The minimum absolute atomic E-state index is 0.155. The number of rotatable bonds is 17. The van der Waals surface area contributed by atoms with Gasteiger partial charge in [0.2, 0.25) is 0 Å². The quantitative estimate of drug-likeness (QED) is 0.223. The maximum absolute atomic E-state index is 11.1. The lowest BCUT2D eigenvalue weighted by Gasteiger charge is -2.04. The smallest absolute Gasteiger partial charge is 0.309 e. The van der Waals surface area contributed by atoms with Gasteiger partial charge in [-0.15, -0.1) is 0 Å². The van der Waals surface area contributed by atoms with Crippen LogP contribution in [0, 0.1) is 6.42 Å². The number of carbonyl (C=O) groups excluding carboxylic acids is 1. The fourth-order valence-electron chi connectivity index (χ4n) is 2.69. The van der Waals surface area contributed by atoms with Gasteiger partial charge in [-0.1, -0.05) is 97.3 Å². The summed E-state index contributed by atoms with van der Waals surface area (Å²) in [5, 5.41) is 0. The van der Waals surface area contributed by atoms with E-state index in [-0.39, 0.29) is 5.97 Å². The number of unbranched alkanes of at least 4 members (excludes halogenated alkanes) is 13. The normalized spacial score (nSPS) is 10.8. The summed E-state index contributed by atoms with van der Waals surface area (Å²) >= 11 is 0. The first-order valence-electron chi connectivity index (χ1n) is 9.81. The minimum Gasteiger partial charge on any atom is -0.465 e. The van der Waals surface area contributed by atoms with Crippen molar-refractivity contribution in [2.75, 3.05) is 6.61 Å². The molecule has 2 nitrogen and oxygen atoms in total. The van der Waals surface area contributed by atoms with Crippen LogP contribution in [0.2, 0.25) is 0 Å². The molecule has 0 saturated carbocycles. The van der Waals surface area contributed by atoms with Gasteiger partial charge in [0.25, 0.3) is 0 Å². The van der Waals surface area contributed by atoms with E-state index in [0.717, 1.165) is 12.8 Å². The molecule has 0 aromatic rings. The lowest BCUT2D eigenvalue weighted by molar-refractivity contribution is -0.139. The molecule has 0 amide bonds. The Kier molecular flexibility index (Phi) is 18.1. The summed E-state index contributed by atoms with van der Waals surface area (Å²) in [5.74, 6) is -0.155. The SMILES string of the molecule is CC[CH]C(=O)OCCCCCCCCCCCCCCCC. The number of hydrogen-bond acceptors (Lipinski definition) is 2. The van der Waals surface area contributed by atoms with Crippen molar-refractivity contribution in [1.82, 2.24) is 0 Å². The maximum Gasteiger partial charge on any atom is 0.309 e. The molecule has 0 aromatic carbocycles. The Morgan fingerprint density at radius 1 is 0.682 bits per heavy atom. The highest BCUT2D eigenvalue weighted by Gasteiger charge is 2.00. The van der Waals surface area contributed by atoms with Crippen molar-refractivity contribution in [3.63, 3.8) is 0 Å². The van der Waals surface area contributed by atoms with Gasteiger partial charge < -0.3 is 4.74 Å². The highest BCUT2D eigenvalue weighted by molar-refractivity contribution is 5.78. The average Bonchev–Trinajstić information content (AvgIpc) is 2.51. The first kappa shape index (κ1) is 21.5. The van der Waals surface area contributed by atoms with E-state index >= 15 is 0 Å². The predicted octanol–water partition coefficient (Wildman–Crippen LogP) is 6.63. The van der Waals surface area contributed by atoms with Crippen molar-refractivity contribution in [3.8, 4) is 0 Å². The van der Waals surface area contributed by atoms with Gasteiger partial charge in [0.05, 0.1) is 13.0 Å². The van der Waals surface area contributed by atoms with Crippen LogP contribution in [0.1, 0.15) is 110 Å². The molecule has 0 heterocycles. The Balaban J connectivity index is 3.01. The molecule has 0 aliphatic carbocycles. The third-order valence-corrected chi connectivity index (χ3v) is 4.11. The summed E-state index contributed by atoms with van der Waals surface area (Å²) in [6, 6.07) is 0. The highest BCUT2D eigenvalue weighted by Crippen LogP contribution is 2.12. The van der Waals surface area contributed by atoms with Crippen LogP contribution in [0.25, 0.3) is 0 Å². The van der Waals surface area contributed by atoms with E-state index in [1.807, 2.05) is 6.92 Å². The van der Waals surface area contributed by atoms with E-state index in [1.165, 1.54) is 83.5 Å². The molecule has 0 aromatic heterocycles. The first-order chi connectivity index (χ1) is 10.8. The van der Waals surface area contributed by atoms with Crippen molar-refractivity contribution in [2.24, 2.45) is 0 Å². The molecule has 0 aliphatic rings. The zero-order valence-electron chi connectivity index (χ0n) is 15.2. The zero-order valence-corrected chi connectivity index (χ0v) is 15.2. The Bertz CT molecular complexity index is 226. The number of carbonyl (C=O) groups is 1. The van der Waals surface area contributed by atoms with Gasteiger partial charge in [-0.05, 0) is 12.8 Å². The molecule has 22 heavy (non-hydrogen) atoms. The van der Waals surface area contributed by atoms with Crippen molar-refractivity contribution in [1.29, 1.82) is 0 Å². The standard InChI is InChI=1S/C20H39O2/c1-3-5-6-7-8-9-10-11-12-13-14-15-16-17-19-22-20(21)18-4-2/h18H,3-17,19H2,1-2H3. The summed E-state index contributed by atoms with van der Waals surface area (Å²) in [6.07, 6.45) is 21.3. The molecule has 0 rings (SSSR count). The first-order valence-corrected chi connectivity index (χ1v) is 9.81. The molecule has 131 valence electrons. The van der Waals surface area contributed by atoms with E-state index in [4.69, 9.17) is 4.74 Å². The Morgan fingerprint density at radius 3 is 1.50 bits per heavy atom. The monoisotopic (exact) mass is 311 g/mol. The fraction of sp³-hybridized carbons (Fsp3) is 0.900. The van der Waals surface area contributed by atoms with E-state index in [2.05, 4.69) is 6.92 Å². The van der Waals surface area contributed by atoms with Gasteiger partial charge in [-0.2, -0.15) is 0 Å². The summed E-state index contributed by atoms with van der Waals surface area (Å²) in [7, 11) is 0. The predicted molar refractivity (Wildman–Crippen MR) is 95.9 cm³/mol. The van der Waals surface area contributed by atoms with Gasteiger partial charge in [0.15, 0.2) is 0 Å². The van der Waals surface area contributed by atoms with Crippen LogP contribution in [0.5, 0.6) is 0 Å². The van der Waals surface area contributed by atoms with Crippen molar-refractivity contribution in [2.45, 2.75) is 110 Å². The van der Waals surface area contributed by atoms with Crippen LogP contribution in [0.15, 0.2) is 0 Å². The largest absolute Gasteiger partial charge is 0.465 e. The van der Waals surface area contributed by atoms with E-state index in [9.17, 15) is 4.79 Å². The van der Waals surface area contributed by atoms with Crippen LogP contribution >= 0.6 is 0 Å². The highest BCUT2D eigenvalue weighted by atomic mass is 16.5. The molecule has 0 spiro atoms. The third-order valence-electron chi connectivity index (χ3n) is 4.11. The minimum atomic E-state index is -0.155. The van der Waals surface area contributed by atoms with E-state index in [0.29, 0.717) is 6.61 Å². The Hall–Kier alpha value is -0.530. The zero-order chi connectivity index (χ0) is 16.3. The number of hydrogen-bond donors (Lipinski definition) is 0. The fourth-order valence-corrected chi connectivity index (χ4v) is 2.69. The van der Waals surface area contributed by atoms with Crippen molar-refractivity contribution in [3.05, 3.63) is 6.42 Å². The van der Waals surface area contributed by atoms with Gasteiger partial charge in [-0.3, -0.25) is 4.79 Å². The van der Waals surface area contributed by atoms with Crippen LogP contribution in [-0.2, 0) is 9.53 Å². The summed E-state index contributed by atoms with van der Waals surface area (Å²) in [4.78, 5) is 11.1. The second-order valence-corrected chi connectivity index (χ2v) is 6.38. The van der Waals surface area contributed by atoms with Crippen molar-refractivity contribution < 1.29 is 9.53 Å². The molecule has 0 unspecified atom stereocenters. The molecule has 0 atom stereocenters. The molecule has 0 N–H and O–H groups in total. The van der Waals surface area contributed by atoms with Gasteiger partial charge >= 0.3 is 5.97 Å². The van der Waals surface area contributed by atoms with E-state index in [1.54, 1.807) is 6.42 Å². The second-order valence-electron chi connectivity index (χ2n) is 6.38. The van der Waals surface area contributed by atoms with Crippen LogP contribution in [0.3, 0.4) is 0 Å². The molecular weight excluding hydrogens is 272 g/mol. The summed E-state index contributed by atoms with van der Waals surface area (Å²) in [5.41, 5.74) is 0. The third kappa shape index (κ3) is 17.5. The lowest BCUT2D eigenvalue weighted by atomic mass is 10.0. The maximum atomic E-state index is 11.1. The van der Waals surface area contributed by atoms with Gasteiger partial charge in [0, 0.05) is 0 Å². The average molecular weight is 312 g/mol. The summed E-state index contributed by atoms with van der Waals surface area (Å²) in [6.45, 7) is 4.82.